The van der Waals surface area contributed by atoms with E-state index in [9.17, 15) is 22.0 Å². The van der Waals surface area contributed by atoms with Crippen molar-refractivity contribution in [3.8, 4) is 0 Å². The number of aryl methyl sites for hydroxylation is 1. The molecule has 11 heteroatoms. The van der Waals surface area contributed by atoms with Crippen molar-refractivity contribution in [2.45, 2.75) is 37.6 Å². The first-order valence-corrected chi connectivity index (χ1v) is 10.3. The van der Waals surface area contributed by atoms with Crippen LogP contribution in [0.2, 0.25) is 0 Å². The molecule has 8 nitrogen and oxygen atoms in total. The average molecular weight is 413 g/mol. The van der Waals surface area contributed by atoms with Crippen molar-refractivity contribution >= 4 is 15.9 Å². The molecule has 0 spiro atoms. The number of aromatic nitrogens is 3. The summed E-state index contributed by atoms with van der Waals surface area (Å²) in [6, 6.07) is 5.91. The van der Waals surface area contributed by atoms with Crippen LogP contribution in [-0.2, 0) is 22.3 Å². The summed E-state index contributed by atoms with van der Waals surface area (Å²) >= 11 is 0. The Morgan fingerprint density at radius 1 is 1.32 bits per heavy atom. The summed E-state index contributed by atoms with van der Waals surface area (Å²) in [5.74, 6) is -3.96. The molecule has 2 aromatic rings. The Balaban J connectivity index is 1.80. The first-order chi connectivity index (χ1) is 13.1. The smallest absolute Gasteiger partial charge is 0.273 e. The summed E-state index contributed by atoms with van der Waals surface area (Å²) in [5.41, 5.74) is 1.54. The van der Waals surface area contributed by atoms with Crippen molar-refractivity contribution in [2.24, 2.45) is 0 Å². The summed E-state index contributed by atoms with van der Waals surface area (Å²) in [4.78, 5) is 11.6. The zero-order valence-electron chi connectivity index (χ0n) is 15.5. The molecule has 1 N–H and O–H groups in total. The van der Waals surface area contributed by atoms with Gasteiger partial charge in [-0.1, -0.05) is 35.0 Å². The summed E-state index contributed by atoms with van der Waals surface area (Å²) in [6.45, 7) is 0.885. The highest BCUT2D eigenvalue weighted by molar-refractivity contribution is 7.88. The van der Waals surface area contributed by atoms with E-state index in [4.69, 9.17) is 0 Å². The van der Waals surface area contributed by atoms with E-state index in [1.165, 1.54) is 17.9 Å². The highest BCUT2D eigenvalue weighted by atomic mass is 32.2. The highest BCUT2D eigenvalue weighted by Crippen LogP contribution is 2.35. The van der Waals surface area contributed by atoms with Crippen molar-refractivity contribution in [3.05, 3.63) is 47.3 Å². The minimum atomic E-state index is -3.97. The van der Waals surface area contributed by atoms with Gasteiger partial charge in [-0.05, 0) is 12.5 Å². The van der Waals surface area contributed by atoms with Crippen LogP contribution in [0.15, 0.2) is 30.5 Å². The standard InChI is InChI=1S/C17H21F2N5O3S/c1-12-3-5-13(6-4-12)10-28(26,27)24-11-17(18,19)7-14(24)8-23-9-15(21-22-23)16(25)20-2/h3-6,9,14H,7-8,10-11H2,1-2H3,(H,20,25)/t14-/m0/s1. The fraction of sp³-hybridized carbons (Fsp3) is 0.471. The van der Waals surface area contributed by atoms with Crippen LogP contribution in [0.1, 0.15) is 28.0 Å². The molecule has 1 aromatic carbocycles. The summed E-state index contributed by atoms with van der Waals surface area (Å²) in [7, 11) is -2.54. The third kappa shape index (κ3) is 4.53. The van der Waals surface area contributed by atoms with Crippen molar-refractivity contribution in [1.29, 1.82) is 0 Å². The summed E-state index contributed by atoms with van der Waals surface area (Å²) in [6.07, 6.45) is 0.690. The lowest BCUT2D eigenvalue weighted by Gasteiger charge is -2.23. The van der Waals surface area contributed by atoms with E-state index < -0.39 is 40.9 Å². The number of nitrogens with one attached hydrogen (secondary N) is 1. The van der Waals surface area contributed by atoms with Crippen LogP contribution >= 0.6 is 0 Å². The lowest BCUT2D eigenvalue weighted by Crippen LogP contribution is -2.39. The molecule has 0 aliphatic carbocycles. The number of carbonyl (C=O) groups is 1. The van der Waals surface area contributed by atoms with E-state index in [1.54, 1.807) is 24.3 Å². The number of sulfonamides is 1. The fourth-order valence-electron chi connectivity index (χ4n) is 3.16. The van der Waals surface area contributed by atoms with Gasteiger partial charge in [-0.3, -0.25) is 9.48 Å². The lowest BCUT2D eigenvalue weighted by atomic mass is 10.2. The highest BCUT2D eigenvalue weighted by Gasteiger charge is 2.49. The molecule has 2 heterocycles. The Morgan fingerprint density at radius 2 is 2.00 bits per heavy atom. The van der Waals surface area contributed by atoms with Crippen molar-refractivity contribution in [1.82, 2.24) is 24.6 Å². The van der Waals surface area contributed by atoms with Gasteiger partial charge in [-0.15, -0.1) is 5.10 Å². The van der Waals surface area contributed by atoms with Crippen LogP contribution < -0.4 is 5.32 Å². The number of alkyl halides is 2. The molecule has 0 saturated carbocycles. The zero-order chi connectivity index (χ0) is 20.5. The fourth-order valence-corrected chi connectivity index (χ4v) is 4.92. The number of halogens is 2. The molecule has 1 saturated heterocycles. The van der Waals surface area contributed by atoms with Gasteiger partial charge in [0.15, 0.2) is 5.69 Å². The van der Waals surface area contributed by atoms with Crippen molar-refractivity contribution in [2.75, 3.05) is 13.6 Å². The Kier molecular flexibility index (Phi) is 5.48. The van der Waals surface area contributed by atoms with E-state index in [1.807, 2.05) is 6.92 Å². The third-order valence-electron chi connectivity index (χ3n) is 4.55. The molecule has 1 aromatic heterocycles. The summed E-state index contributed by atoms with van der Waals surface area (Å²) in [5, 5.41) is 9.80. The number of amides is 1. The molecule has 0 bridgehead atoms. The van der Waals surface area contributed by atoms with Gasteiger partial charge in [0.1, 0.15) is 0 Å². The topological polar surface area (TPSA) is 97.2 Å². The Morgan fingerprint density at radius 3 is 2.64 bits per heavy atom. The first-order valence-electron chi connectivity index (χ1n) is 8.65. The van der Waals surface area contributed by atoms with Crippen LogP contribution in [0, 0.1) is 6.92 Å². The number of nitrogens with zero attached hydrogens (tertiary/aromatic N) is 4. The van der Waals surface area contributed by atoms with E-state index in [0.29, 0.717) is 5.56 Å². The maximum Gasteiger partial charge on any atom is 0.273 e. The normalized spacial score (nSPS) is 19.6. The predicted molar refractivity (Wildman–Crippen MR) is 97.3 cm³/mol. The SMILES string of the molecule is CNC(=O)c1cn(C[C@@H]2CC(F)(F)CN2S(=O)(=O)Cc2ccc(C)cc2)nn1. The molecule has 1 atom stereocenters. The Labute approximate surface area is 161 Å². The first kappa shape index (κ1) is 20.3. The monoisotopic (exact) mass is 413 g/mol. The molecule has 152 valence electrons. The number of hydrogen-bond donors (Lipinski definition) is 1. The van der Waals surface area contributed by atoms with Gasteiger partial charge in [-0.25, -0.2) is 17.2 Å². The molecule has 1 amide bonds. The molecule has 3 rings (SSSR count). The Hall–Kier alpha value is -2.40. The average Bonchev–Trinajstić information content (AvgIpc) is 3.20. The minimum Gasteiger partial charge on any atom is -0.354 e. The maximum absolute atomic E-state index is 14.0. The van der Waals surface area contributed by atoms with Crippen LogP contribution in [-0.4, -0.2) is 59.2 Å². The summed E-state index contributed by atoms with van der Waals surface area (Å²) < 4.78 is 55.8. The van der Waals surface area contributed by atoms with Crippen LogP contribution in [0.5, 0.6) is 0 Å². The van der Waals surface area contributed by atoms with E-state index >= 15 is 0 Å². The van der Waals surface area contributed by atoms with Gasteiger partial charge in [0.2, 0.25) is 10.0 Å². The lowest BCUT2D eigenvalue weighted by molar-refractivity contribution is 0.0168. The van der Waals surface area contributed by atoms with Crippen molar-refractivity contribution < 1.29 is 22.0 Å². The number of rotatable bonds is 6. The number of hydrogen-bond acceptors (Lipinski definition) is 5. The van der Waals surface area contributed by atoms with Crippen LogP contribution in [0.4, 0.5) is 8.78 Å². The number of benzene rings is 1. The molecule has 28 heavy (non-hydrogen) atoms. The van der Waals surface area contributed by atoms with Crippen molar-refractivity contribution in [3.63, 3.8) is 0 Å². The molecular weight excluding hydrogens is 392 g/mol. The molecule has 1 aliphatic heterocycles. The minimum absolute atomic E-state index is 0.0290. The zero-order valence-corrected chi connectivity index (χ0v) is 16.3. The van der Waals surface area contributed by atoms with Gasteiger partial charge in [-0.2, -0.15) is 4.31 Å². The molecule has 1 aliphatic rings. The van der Waals surface area contributed by atoms with E-state index in [-0.39, 0.29) is 18.0 Å². The second kappa shape index (κ2) is 7.55. The maximum atomic E-state index is 14.0. The van der Waals surface area contributed by atoms with Crippen LogP contribution in [0.3, 0.4) is 0 Å². The second-order valence-electron chi connectivity index (χ2n) is 6.91. The Bertz CT molecular complexity index is 959. The molecule has 0 unspecified atom stereocenters. The largest absolute Gasteiger partial charge is 0.354 e. The van der Waals surface area contributed by atoms with E-state index in [2.05, 4.69) is 15.6 Å². The van der Waals surface area contributed by atoms with Gasteiger partial charge in [0.25, 0.3) is 11.8 Å². The van der Waals surface area contributed by atoms with Gasteiger partial charge >= 0.3 is 0 Å². The third-order valence-corrected chi connectivity index (χ3v) is 6.39. The van der Waals surface area contributed by atoms with Gasteiger partial charge in [0.05, 0.1) is 31.1 Å². The predicted octanol–water partition coefficient (Wildman–Crippen LogP) is 1.19. The molecule has 1 fully saturated rings. The van der Waals surface area contributed by atoms with E-state index in [0.717, 1.165) is 9.87 Å². The second-order valence-corrected chi connectivity index (χ2v) is 8.83. The number of carbonyl (C=O) groups excluding carboxylic acids is 1. The molecule has 0 radical (unpaired) electrons. The van der Waals surface area contributed by atoms with Crippen LogP contribution in [0.25, 0.3) is 0 Å². The van der Waals surface area contributed by atoms with Gasteiger partial charge < -0.3 is 5.32 Å². The van der Waals surface area contributed by atoms with Gasteiger partial charge in [0, 0.05) is 13.5 Å². The molecular formula is C17H21F2N5O3S. The quantitative estimate of drug-likeness (QED) is 0.767.